The molecule has 6 bridgehead atoms. The lowest BCUT2D eigenvalue weighted by Crippen LogP contribution is -2.87. The van der Waals surface area contributed by atoms with Crippen LogP contribution in [0.4, 0.5) is 5.69 Å². The quantitative estimate of drug-likeness (QED) is 0.148. The number of hydrogen-bond donors (Lipinski definition) is 6. The molecular weight excluding hydrogens is 889 g/mol. The number of allylic oxidation sites excluding steroid dienone is 4. The summed E-state index contributed by atoms with van der Waals surface area (Å²) in [4.78, 5) is 86.4. The van der Waals surface area contributed by atoms with Crippen molar-refractivity contribution >= 4 is 74.9 Å². The van der Waals surface area contributed by atoms with Gasteiger partial charge in [0, 0.05) is 69.7 Å². The van der Waals surface area contributed by atoms with E-state index in [1.807, 2.05) is 52.8 Å². The molecule has 16 heteroatoms. The van der Waals surface area contributed by atoms with Crippen LogP contribution in [0.5, 0.6) is 5.75 Å². The highest BCUT2D eigenvalue weighted by atomic mass is 32.2. The first-order valence-corrected chi connectivity index (χ1v) is 24.4. The molecule has 3 aromatic rings. The highest BCUT2D eigenvalue weighted by Crippen LogP contribution is 2.88. The molecule has 11 aliphatic carbocycles. The second-order valence-corrected chi connectivity index (χ2v) is 22.8. The van der Waals surface area contributed by atoms with Crippen LogP contribution in [-0.2, 0) is 51.5 Å². The molecule has 17 rings (SSSR count). The van der Waals surface area contributed by atoms with Gasteiger partial charge in [0.15, 0.2) is 0 Å². The van der Waals surface area contributed by atoms with Crippen molar-refractivity contribution in [3.8, 4) is 5.75 Å². The lowest BCUT2D eigenvalue weighted by molar-refractivity contribution is -0.192. The van der Waals surface area contributed by atoms with E-state index in [9.17, 15) is 49.5 Å². The topological polar surface area (TPSA) is 236 Å². The third kappa shape index (κ3) is 3.26. The highest BCUT2D eigenvalue weighted by Gasteiger charge is 2.90. The SMILES string of the molecule is CCC1C2(NC)CC(C(=O)O)C34C5=C6c7c8c(nc9c7C7%10C(=C(C)C9(C)C(C(=O)O)C7C(=O)O)C=C(C)c7c%10c6c6c3c2cc(N(C)C)c6c7OC)CSC8C52C(C)=NC14C(C(=O)O)C2C(=O)O. The zero-order valence-corrected chi connectivity index (χ0v) is 39.6. The van der Waals surface area contributed by atoms with Crippen LogP contribution >= 0.6 is 11.8 Å². The summed E-state index contributed by atoms with van der Waals surface area (Å²) in [5, 5.41) is 63.6. The number of carboxylic acid groups (broad SMARTS) is 5. The third-order valence-corrected chi connectivity index (χ3v) is 21.7. The number of benzene rings is 2. The fourth-order valence-electron chi connectivity index (χ4n) is 18.9. The summed E-state index contributed by atoms with van der Waals surface area (Å²) in [6.07, 6.45) is 2.38. The Morgan fingerprint density at radius 2 is 1.56 bits per heavy atom. The molecule has 4 heterocycles. The van der Waals surface area contributed by atoms with Gasteiger partial charge in [-0.2, -0.15) is 0 Å². The normalized spacial score (nSPS) is 39.5. The Balaban J connectivity index is 1.39. The number of aliphatic carboxylic acids is 5. The van der Waals surface area contributed by atoms with Gasteiger partial charge in [0.25, 0.3) is 0 Å². The molecule has 3 aliphatic heterocycles. The second-order valence-electron chi connectivity index (χ2n) is 21.7. The van der Waals surface area contributed by atoms with Crippen molar-refractivity contribution in [2.24, 2.45) is 45.9 Å². The van der Waals surface area contributed by atoms with E-state index in [1.165, 1.54) is 11.8 Å². The van der Waals surface area contributed by atoms with Gasteiger partial charge in [-0.1, -0.05) is 18.6 Å². The van der Waals surface area contributed by atoms with Crippen LogP contribution in [0.1, 0.15) is 109 Å². The Hall–Kier alpha value is -6.00. The first-order chi connectivity index (χ1) is 32.2. The standard InChI is InChI=1S/C52H48N4O11S/c1-10-23-48(53-6)13-20(42(57)58)51-31-19(48)12-22(56(7)8)26-28(31)29-30-27-25-21(14-68-41(25)49(39(30)51)17(4)55-52(23,51)37(46(65)66)36(49)45(63)64)54-40-33(27)50-18(11-15(2)24(32(29)50)38(26)67-9)16(3)47(40,5)34(43(59)60)35(50)44(61)62/h11-12,20,23,34-37,41,53H,10,13-14H2,1-9H3,(H,57,58)(H,59,60)(H,61,62)(H,63,64)(H,65,66). The van der Waals surface area contributed by atoms with Crippen LogP contribution in [0.25, 0.3) is 21.9 Å². The van der Waals surface area contributed by atoms with Crippen LogP contribution < -0.4 is 15.0 Å². The van der Waals surface area contributed by atoms with Crippen molar-refractivity contribution < 1.29 is 54.2 Å². The molecule has 1 aromatic heterocycles. The number of hydrogen-bond acceptors (Lipinski definition) is 11. The van der Waals surface area contributed by atoms with Gasteiger partial charge in [-0.15, -0.1) is 11.8 Å². The summed E-state index contributed by atoms with van der Waals surface area (Å²) < 4.78 is 6.68. The van der Waals surface area contributed by atoms with Crippen LogP contribution in [-0.4, -0.2) is 99.9 Å². The number of methoxy groups -OCH3 is 1. The molecule has 4 spiro atoms. The minimum Gasteiger partial charge on any atom is -0.495 e. The third-order valence-electron chi connectivity index (χ3n) is 20.3. The monoisotopic (exact) mass is 936 g/mol. The predicted molar refractivity (Wildman–Crippen MR) is 248 cm³/mol. The van der Waals surface area contributed by atoms with E-state index >= 15 is 0 Å². The van der Waals surface area contributed by atoms with E-state index in [0.717, 1.165) is 16.8 Å². The number of carbonyl (C=O) groups is 5. The molecule has 2 fully saturated rings. The first-order valence-electron chi connectivity index (χ1n) is 23.4. The van der Waals surface area contributed by atoms with E-state index in [2.05, 4.69) is 11.4 Å². The fourth-order valence-corrected chi connectivity index (χ4v) is 20.6. The zero-order chi connectivity index (χ0) is 48.1. The molecule has 2 saturated carbocycles. The molecule has 6 N–H and O–H groups in total. The lowest BCUT2D eigenvalue weighted by atomic mass is 9.24. The molecule has 0 radical (unpaired) electrons. The van der Waals surface area contributed by atoms with Crippen LogP contribution in [0.2, 0.25) is 0 Å². The first kappa shape index (κ1) is 41.0. The molecule has 14 aliphatic rings. The Kier molecular flexibility index (Phi) is 6.86. The second kappa shape index (κ2) is 11.4. The van der Waals surface area contributed by atoms with Crippen LogP contribution in [0.15, 0.2) is 33.9 Å². The number of ether oxygens (including phenoxy) is 1. The number of aromatic nitrogens is 1. The van der Waals surface area contributed by atoms with Gasteiger partial charge in [0.1, 0.15) is 5.75 Å². The van der Waals surface area contributed by atoms with E-state index in [0.29, 0.717) is 101 Å². The lowest BCUT2D eigenvalue weighted by Gasteiger charge is -2.80. The Morgan fingerprint density at radius 3 is 2.15 bits per heavy atom. The van der Waals surface area contributed by atoms with Crippen molar-refractivity contribution in [2.45, 2.75) is 85.8 Å². The summed E-state index contributed by atoms with van der Waals surface area (Å²) >= 11 is 1.44. The zero-order valence-electron chi connectivity index (χ0n) is 38.8. The van der Waals surface area contributed by atoms with Crippen LogP contribution in [0.3, 0.4) is 0 Å². The summed E-state index contributed by atoms with van der Waals surface area (Å²) in [7, 11) is 7.16. The van der Waals surface area contributed by atoms with Gasteiger partial charge < -0.3 is 40.5 Å². The number of nitrogens with one attached hydrogen (secondary N) is 1. The predicted octanol–water partition coefficient (Wildman–Crippen LogP) is 5.86. The van der Waals surface area contributed by atoms with Gasteiger partial charge in [-0.05, 0) is 115 Å². The maximum atomic E-state index is 14.9. The van der Waals surface area contributed by atoms with Gasteiger partial charge in [0.2, 0.25) is 0 Å². The van der Waals surface area contributed by atoms with Crippen molar-refractivity contribution in [3.63, 3.8) is 0 Å². The maximum absolute atomic E-state index is 14.9. The summed E-state index contributed by atoms with van der Waals surface area (Å²) in [5.74, 6) is -14.1. The van der Waals surface area contributed by atoms with Crippen molar-refractivity contribution in [3.05, 3.63) is 84.8 Å². The molecule has 348 valence electrons. The molecule has 0 amide bonds. The number of thioether (sulfide) groups is 1. The van der Waals surface area contributed by atoms with E-state index < -0.39 is 103 Å². The Labute approximate surface area is 393 Å². The number of nitrogens with zero attached hydrogens (tertiary/aromatic N) is 3. The fraction of sp³-hybridized carbons (Fsp3) is 0.481. The molecule has 68 heavy (non-hydrogen) atoms. The minimum absolute atomic E-state index is 0.0507. The van der Waals surface area contributed by atoms with Crippen molar-refractivity contribution in [2.75, 3.05) is 33.2 Å². The van der Waals surface area contributed by atoms with E-state index in [1.54, 1.807) is 21.1 Å². The van der Waals surface area contributed by atoms with E-state index in [4.69, 9.17) is 14.7 Å². The maximum Gasteiger partial charge on any atom is 0.309 e. The smallest absolute Gasteiger partial charge is 0.309 e. The average molecular weight is 937 g/mol. The van der Waals surface area contributed by atoms with Crippen molar-refractivity contribution in [1.29, 1.82) is 0 Å². The number of rotatable bonds is 9. The van der Waals surface area contributed by atoms with E-state index in [-0.39, 0.29) is 12.2 Å². The molecule has 2 aromatic carbocycles. The Morgan fingerprint density at radius 1 is 0.882 bits per heavy atom. The molecule has 13 unspecified atom stereocenters. The number of anilines is 1. The Bertz CT molecular complexity index is 3410. The molecular formula is C52H48N4O11S. The van der Waals surface area contributed by atoms with Crippen LogP contribution in [0, 0.1) is 40.9 Å². The van der Waals surface area contributed by atoms with Gasteiger partial charge in [-0.25, -0.2) is 0 Å². The summed E-state index contributed by atoms with van der Waals surface area (Å²) in [5.41, 5.74) is 0.798. The summed E-state index contributed by atoms with van der Waals surface area (Å²) in [6.45, 7) is 9.42. The summed E-state index contributed by atoms with van der Waals surface area (Å²) in [6, 6.07) is 2.09. The minimum atomic E-state index is -1.87. The highest BCUT2D eigenvalue weighted by molar-refractivity contribution is 7.99. The average Bonchev–Trinajstić information content (AvgIpc) is 3.72. The molecule has 0 saturated heterocycles. The van der Waals surface area contributed by atoms with Gasteiger partial charge >= 0.3 is 29.8 Å². The number of fused-ring (bicyclic) bond motifs is 3. The number of aliphatic imine (C=N–C) groups is 1. The number of pyridine rings is 1. The van der Waals surface area contributed by atoms with Crippen molar-refractivity contribution in [1.82, 2.24) is 10.3 Å². The number of carboxylic acids is 5. The van der Waals surface area contributed by atoms with Gasteiger partial charge in [0.05, 0.1) is 69.9 Å². The molecule has 15 nitrogen and oxygen atoms in total. The van der Waals surface area contributed by atoms with Gasteiger partial charge in [-0.3, -0.25) is 33.9 Å². The largest absolute Gasteiger partial charge is 0.495 e. The molecule has 13 atom stereocenters.